The third-order valence-electron chi connectivity index (χ3n) is 1.79. The van der Waals surface area contributed by atoms with E-state index in [1.807, 2.05) is 0 Å². The smallest absolute Gasteiger partial charge is 0.387 e. The SMILES string of the molecule is N=C(N)C(COC(C(F)(F)F)C(F)(F)F)C(F)(F)F. The first kappa shape index (κ1) is 17.8. The number of amidine groups is 1. The number of nitrogens with one attached hydrogen (secondary N) is 1. The predicted octanol–water partition coefficient (Wildman–Crippen LogP) is 2.61. The summed E-state index contributed by atoms with van der Waals surface area (Å²) in [4.78, 5) is 0. The zero-order valence-corrected chi connectivity index (χ0v) is 8.75. The zero-order valence-electron chi connectivity index (χ0n) is 8.75. The van der Waals surface area contributed by atoms with Crippen LogP contribution in [0.2, 0.25) is 0 Å². The van der Waals surface area contributed by atoms with Gasteiger partial charge in [0.1, 0.15) is 11.8 Å². The van der Waals surface area contributed by atoms with E-state index in [-0.39, 0.29) is 0 Å². The standard InChI is InChI=1S/C7H7F9N2O/c8-5(9,10)2(3(17)18)1-19-4(6(11,12)13)7(14,15)16/h2,4H,1H2,(H3,17,18). The molecule has 0 aliphatic heterocycles. The van der Waals surface area contributed by atoms with Crippen molar-refractivity contribution in [3.05, 3.63) is 0 Å². The van der Waals surface area contributed by atoms with Crippen molar-refractivity contribution < 1.29 is 44.3 Å². The largest absolute Gasteiger partial charge is 0.423 e. The summed E-state index contributed by atoms with van der Waals surface area (Å²) >= 11 is 0. The number of alkyl halides is 9. The summed E-state index contributed by atoms with van der Waals surface area (Å²) in [7, 11) is 0. The van der Waals surface area contributed by atoms with Crippen molar-refractivity contribution in [1.29, 1.82) is 5.41 Å². The van der Waals surface area contributed by atoms with Crippen LogP contribution in [0.5, 0.6) is 0 Å². The first-order valence-corrected chi connectivity index (χ1v) is 4.33. The molecule has 0 aromatic carbocycles. The van der Waals surface area contributed by atoms with E-state index in [9.17, 15) is 39.5 Å². The van der Waals surface area contributed by atoms with E-state index in [0.717, 1.165) is 0 Å². The highest BCUT2D eigenvalue weighted by atomic mass is 19.4. The molecule has 19 heavy (non-hydrogen) atoms. The molecule has 0 saturated heterocycles. The Morgan fingerprint density at radius 1 is 0.895 bits per heavy atom. The van der Waals surface area contributed by atoms with Crippen LogP contribution in [0.3, 0.4) is 0 Å². The molecular formula is C7H7F9N2O. The van der Waals surface area contributed by atoms with Gasteiger partial charge in [0.2, 0.25) is 6.10 Å². The fourth-order valence-electron chi connectivity index (χ4n) is 0.928. The number of rotatable bonds is 4. The molecule has 0 aromatic heterocycles. The van der Waals surface area contributed by atoms with Gasteiger partial charge in [0.25, 0.3) is 0 Å². The van der Waals surface area contributed by atoms with E-state index in [2.05, 4.69) is 10.5 Å². The van der Waals surface area contributed by atoms with Gasteiger partial charge in [-0.25, -0.2) is 0 Å². The molecule has 0 rings (SSSR count). The lowest BCUT2D eigenvalue weighted by Crippen LogP contribution is -2.47. The van der Waals surface area contributed by atoms with Crippen molar-refractivity contribution in [1.82, 2.24) is 0 Å². The molecule has 3 nitrogen and oxygen atoms in total. The minimum atomic E-state index is -5.93. The molecular weight excluding hydrogens is 299 g/mol. The van der Waals surface area contributed by atoms with Crippen molar-refractivity contribution in [3.8, 4) is 0 Å². The molecule has 114 valence electrons. The third-order valence-corrected chi connectivity index (χ3v) is 1.79. The van der Waals surface area contributed by atoms with Crippen LogP contribution >= 0.6 is 0 Å². The van der Waals surface area contributed by atoms with Crippen molar-refractivity contribution in [2.24, 2.45) is 11.7 Å². The summed E-state index contributed by atoms with van der Waals surface area (Å²) in [6.07, 6.45) is -21.5. The second kappa shape index (κ2) is 5.43. The van der Waals surface area contributed by atoms with Gasteiger partial charge in [0.05, 0.1) is 6.61 Å². The van der Waals surface area contributed by atoms with Gasteiger partial charge in [0, 0.05) is 0 Å². The van der Waals surface area contributed by atoms with E-state index >= 15 is 0 Å². The highest BCUT2D eigenvalue weighted by Gasteiger charge is 2.58. The fraction of sp³-hybridized carbons (Fsp3) is 0.857. The number of hydrogen-bond donors (Lipinski definition) is 2. The van der Waals surface area contributed by atoms with Crippen LogP contribution in [-0.2, 0) is 4.74 Å². The molecule has 1 atom stereocenters. The molecule has 12 heteroatoms. The predicted molar refractivity (Wildman–Crippen MR) is 43.3 cm³/mol. The molecule has 0 aliphatic carbocycles. The normalized spacial score (nSPS) is 15.7. The lowest BCUT2D eigenvalue weighted by molar-refractivity contribution is -0.327. The monoisotopic (exact) mass is 306 g/mol. The van der Waals surface area contributed by atoms with Crippen LogP contribution in [-0.4, -0.2) is 37.1 Å². The second-order valence-electron chi connectivity index (χ2n) is 3.35. The first-order chi connectivity index (χ1) is 8.17. The van der Waals surface area contributed by atoms with Crippen LogP contribution in [0.15, 0.2) is 0 Å². The summed E-state index contributed by atoms with van der Waals surface area (Å²) in [5, 5.41) is 6.48. The van der Waals surface area contributed by atoms with Crippen LogP contribution in [0.4, 0.5) is 39.5 Å². The maximum Gasteiger partial charge on any atom is 0.423 e. The molecule has 0 amide bonds. The Balaban J connectivity index is 4.96. The molecule has 0 fully saturated rings. The van der Waals surface area contributed by atoms with Crippen molar-refractivity contribution in [2.75, 3.05) is 6.61 Å². The van der Waals surface area contributed by atoms with E-state index in [4.69, 9.17) is 5.41 Å². The van der Waals surface area contributed by atoms with Gasteiger partial charge in [-0.3, -0.25) is 5.41 Å². The minimum absolute atomic E-state index is 1.64. The molecule has 0 aromatic rings. The van der Waals surface area contributed by atoms with Crippen LogP contribution in [0.1, 0.15) is 0 Å². The van der Waals surface area contributed by atoms with Gasteiger partial charge in [-0.2, -0.15) is 39.5 Å². The molecule has 0 saturated carbocycles. The van der Waals surface area contributed by atoms with Crippen LogP contribution in [0, 0.1) is 11.3 Å². The van der Waals surface area contributed by atoms with E-state index in [1.54, 1.807) is 0 Å². The Bertz CT molecular complexity index is 304. The summed E-state index contributed by atoms with van der Waals surface area (Å²) < 4.78 is 111. The van der Waals surface area contributed by atoms with E-state index < -0.39 is 43.0 Å². The fourth-order valence-corrected chi connectivity index (χ4v) is 0.928. The maximum atomic E-state index is 12.2. The average molecular weight is 306 g/mol. The molecule has 0 aliphatic rings. The topological polar surface area (TPSA) is 59.1 Å². The lowest BCUT2D eigenvalue weighted by Gasteiger charge is -2.26. The summed E-state index contributed by atoms with van der Waals surface area (Å²) in [6, 6.07) is 0. The number of halogens is 9. The van der Waals surface area contributed by atoms with Crippen molar-refractivity contribution in [3.63, 3.8) is 0 Å². The van der Waals surface area contributed by atoms with Gasteiger partial charge in [-0.15, -0.1) is 0 Å². The van der Waals surface area contributed by atoms with Crippen molar-refractivity contribution >= 4 is 5.84 Å². The summed E-state index contributed by atoms with van der Waals surface area (Å²) in [5.74, 6) is -4.68. The van der Waals surface area contributed by atoms with Crippen LogP contribution < -0.4 is 5.73 Å². The molecule has 0 spiro atoms. The highest BCUT2D eigenvalue weighted by Crippen LogP contribution is 2.37. The maximum absolute atomic E-state index is 12.2. The quantitative estimate of drug-likeness (QED) is 0.476. The second-order valence-corrected chi connectivity index (χ2v) is 3.35. The summed E-state index contributed by atoms with van der Waals surface area (Å²) in [5.41, 5.74) is 4.45. The van der Waals surface area contributed by atoms with Gasteiger partial charge in [0.15, 0.2) is 0 Å². The lowest BCUT2D eigenvalue weighted by atomic mass is 10.1. The number of nitrogens with two attached hydrogens (primary N) is 1. The average Bonchev–Trinajstić information content (AvgIpc) is 2.04. The first-order valence-electron chi connectivity index (χ1n) is 4.33. The van der Waals surface area contributed by atoms with E-state index in [0.29, 0.717) is 0 Å². The summed E-state index contributed by atoms with van der Waals surface area (Å²) in [6.45, 7) is -2.05. The Labute approximate surface area is 99.6 Å². The molecule has 0 bridgehead atoms. The Morgan fingerprint density at radius 3 is 1.47 bits per heavy atom. The van der Waals surface area contributed by atoms with Crippen molar-refractivity contribution in [2.45, 2.75) is 24.6 Å². The number of ether oxygens (including phenoxy) is 1. The Kier molecular flexibility index (Phi) is 5.08. The van der Waals surface area contributed by atoms with Gasteiger partial charge in [-0.1, -0.05) is 0 Å². The molecule has 3 N–H and O–H groups in total. The van der Waals surface area contributed by atoms with E-state index in [1.165, 1.54) is 0 Å². The molecule has 0 heterocycles. The zero-order chi connectivity index (χ0) is 15.6. The van der Waals surface area contributed by atoms with Gasteiger partial charge in [-0.05, 0) is 0 Å². The van der Waals surface area contributed by atoms with Gasteiger partial charge < -0.3 is 10.5 Å². The highest BCUT2D eigenvalue weighted by molar-refractivity contribution is 5.80. The van der Waals surface area contributed by atoms with Crippen LogP contribution in [0.25, 0.3) is 0 Å². The molecule has 1 unspecified atom stereocenters. The third kappa shape index (κ3) is 5.53. The molecule has 0 radical (unpaired) electrons. The minimum Gasteiger partial charge on any atom is -0.387 e. The Hall–Kier alpha value is -1.20. The number of hydrogen-bond acceptors (Lipinski definition) is 2. The van der Waals surface area contributed by atoms with Gasteiger partial charge >= 0.3 is 18.5 Å². The Morgan fingerprint density at radius 2 is 1.26 bits per heavy atom.